The van der Waals surface area contributed by atoms with Crippen LogP contribution >= 0.6 is 0 Å². The van der Waals surface area contributed by atoms with Crippen molar-refractivity contribution in [1.82, 2.24) is 0 Å². The summed E-state index contributed by atoms with van der Waals surface area (Å²) in [5, 5.41) is 9.32. The van der Waals surface area contributed by atoms with Crippen LogP contribution in [0.3, 0.4) is 0 Å². The molecule has 0 amide bonds. The number of hydrogen-bond acceptors (Lipinski definition) is 6. The summed E-state index contributed by atoms with van der Waals surface area (Å²) in [5.41, 5.74) is -0.557. The van der Waals surface area contributed by atoms with Gasteiger partial charge in [-0.1, -0.05) is 12.1 Å². The minimum atomic E-state index is -4.15. The van der Waals surface area contributed by atoms with Crippen LogP contribution in [-0.4, -0.2) is 31.2 Å². The summed E-state index contributed by atoms with van der Waals surface area (Å²) in [7, 11) is -4.15. The maximum absolute atomic E-state index is 12.2. The summed E-state index contributed by atoms with van der Waals surface area (Å²) in [6, 6.07) is 4.89. The largest absolute Gasteiger partial charge is 0.465 e. The van der Waals surface area contributed by atoms with Crippen LogP contribution in [0.4, 0.5) is 5.69 Å². The molecule has 0 aliphatic rings. The predicted octanol–water partition coefficient (Wildman–Crippen LogP) is 1.32. The van der Waals surface area contributed by atoms with Gasteiger partial charge in [-0.25, -0.2) is 8.42 Å². The van der Waals surface area contributed by atoms with E-state index in [2.05, 4.69) is 4.74 Å². The lowest BCUT2D eigenvalue weighted by molar-refractivity contribution is -0.387. The zero-order valence-corrected chi connectivity index (χ0v) is 11.2. The number of sulfone groups is 1. The minimum absolute atomic E-state index is 0.0373. The van der Waals surface area contributed by atoms with E-state index < -0.39 is 36.6 Å². The molecule has 1 atom stereocenters. The highest BCUT2D eigenvalue weighted by Crippen LogP contribution is 2.26. The van der Waals surface area contributed by atoms with E-state index in [1.54, 1.807) is 6.92 Å². The minimum Gasteiger partial charge on any atom is -0.465 e. The Balaban J connectivity index is 3.28. The van der Waals surface area contributed by atoms with Crippen molar-refractivity contribution in [1.29, 1.82) is 0 Å². The Labute approximate surface area is 110 Å². The second-order valence-corrected chi connectivity index (χ2v) is 5.90. The normalized spacial score (nSPS) is 12.7. The summed E-state index contributed by atoms with van der Waals surface area (Å²) in [6.45, 7) is 2.72. The van der Waals surface area contributed by atoms with Crippen molar-refractivity contribution in [3.8, 4) is 0 Å². The molecule has 0 radical (unpaired) electrons. The SMILES string of the molecule is CCOC(=O)C(C)S(=O)(=O)c1ccccc1[N+](=O)[O-]. The number of carbonyl (C=O) groups excluding carboxylic acids is 1. The maximum atomic E-state index is 12.2. The van der Waals surface area contributed by atoms with Crippen LogP contribution in [0.15, 0.2) is 29.2 Å². The van der Waals surface area contributed by atoms with E-state index in [1.807, 2.05) is 0 Å². The van der Waals surface area contributed by atoms with Crippen molar-refractivity contribution in [2.75, 3.05) is 6.61 Å². The van der Waals surface area contributed by atoms with E-state index >= 15 is 0 Å². The first-order valence-corrected chi connectivity index (χ1v) is 7.01. The number of hydrogen-bond donors (Lipinski definition) is 0. The zero-order valence-electron chi connectivity index (χ0n) is 10.4. The van der Waals surface area contributed by atoms with Gasteiger partial charge in [0.25, 0.3) is 5.69 Å². The number of nitro benzene ring substituents is 1. The Bertz CT molecular complexity index is 595. The molecule has 1 aromatic carbocycles. The van der Waals surface area contributed by atoms with Gasteiger partial charge in [-0.3, -0.25) is 14.9 Å². The second kappa shape index (κ2) is 5.79. The fraction of sp³-hybridized carbons (Fsp3) is 0.364. The molecule has 0 N–H and O–H groups in total. The summed E-state index contributed by atoms with van der Waals surface area (Å²) in [4.78, 5) is 21.0. The van der Waals surface area contributed by atoms with Crippen molar-refractivity contribution >= 4 is 21.5 Å². The molecular weight excluding hydrogens is 274 g/mol. The number of rotatable bonds is 5. The lowest BCUT2D eigenvalue weighted by Crippen LogP contribution is -2.29. The predicted molar refractivity (Wildman–Crippen MR) is 66.4 cm³/mol. The van der Waals surface area contributed by atoms with Gasteiger partial charge >= 0.3 is 5.97 Å². The van der Waals surface area contributed by atoms with E-state index in [1.165, 1.54) is 12.1 Å². The highest BCUT2D eigenvalue weighted by molar-refractivity contribution is 7.92. The number of nitro groups is 1. The third kappa shape index (κ3) is 3.08. The van der Waals surface area contributed by atoms with Crippen molar-refractivity contribution in [2.24, 2.45) is 0 Å². The van der Waals surface area contributed by atoms with Crippen molar-refractivity contribution < 1.29 is 22.9 Å². The van der Waals surface area contributed by atoms with Gasteiger partial charge in [0.1, 0.15) is 4.90 Å². The molecule has 19 heavy (non-hydrogen) atoms. The molecule has 0 bridgehead atoms. The standard InChI is InChI=1S/C11H13NO6S/c1-3-18-11(13)8(2)19(16,17)10-7-5-4-6-9(10)12(14)15/h4-8H,3H2,1-2H3. The molecule has 1 rings (SSSR count). The fourth-order valence-corrected chi connectivity index (χ4v) is 2.83. The first-order chi connectivity index (χ1) is 8.82. The maximum Gasteiger partial charge on any atom is 0.324 e. The molecular formula is C11H13NO6S. The van der Waals surface area contributed by atoms with E-state index in [-0.39, 0.29) is 6.61 Å². The van der Waals surface area contributed by atoms with E-state index in [0.29, 0.717) is 0 Å². The first kappa shape index (κ1) is 15.1. The molecule has 7 nitrogen and oxygen atoms in total. The molecule has 0 aliphatic heterocycles. The van der Waals surface area contributed by atoms with Crippen LogP contribution in [0, 0.1) is 10.1 Å². The van der Waals surface area contributed by atoms with E-state index in [4.69, 9.17) is 0 Å². The quantitative estimate of drug-likeness (QED) is 0.459. The van der Waals surface area contributed by atoms with E-state index in [0.717, 1.165) is 19.1 Å². The molecule has 0 spiro atoms. The molecule has 1 aromatic rings. The zero-order chi connectivity index (χ0) is 14.6. The second-order valence-electron chi connectivity index (χ2n) is 3.66. The topological polar surface area (TPSA) is 104 Å². The number of benzene rings is 1. The Morgan fingerprint density at radius 1 is 1.42 bits per heavy atom. The molecule has 0 saturated carbocycles. The number of para-hydroxylation sites is 1. The van der Waals surface area contributed by atoms with Gasteiger partial charge in [-0.2, -0.15) is 0 Å². The molecule has 0 fully saturated rings. The van der Waals surface area contributed by atoms with Gasteiger partial charge in [0.2, 0.25) is 0 Å². The summed E-state index contributed by atoms with van der Waals surface area (Å²) < 4.78 is 29.0. The average molecular weight is 287 g/mol. The van der Waals surface area contributed by atoms with Crippen LogP contribution in [0.2, 0.25) is 0 Å². The molecule has 8 heteroatoms. The van der Waals surface area contributed by atoms with Crippen LogP contribution in [-0.2, 0) is 19.4 Å². The fourth-order valence-electron chi connectivity index (χ4n) is 1.43. The molecule has 0 aliphatic carbocycles. The highest BCUT2D eigenvalue weighted by Gasteiger charge is 2.35. The molecule has 0 heterocycles. The van der Waals surface area contributed by atoms with Crippen LogP contribution in [0.1, 0.15) is 13.8 Å². The van der Waals surface area contributed by atoms with Gasteiger partial charge in [0, 0.05) is 6.07 Å². The number of ether oxygens (including phenoxy) is 1. The van der Waals surface area contributed by atoms with Crippen LogP contribution in [0.5, 0.6) is 0 Å². The molecule has 0 saturated heterocycles. The number of esters is 1. The van der Waals surface area contributed by atoms with E-state index in [9.17, 15) is 23.3 Å². The Hall–Kier alpha value is -1.96. The van der Waals surface area contributed by atoms with Gasteiger partial charge < -0.3 is 4.74 Å². The molecule has 0 aromatic heterocycles. The van der Waals surface area contributed by atoms with Gasteiger partial charge in [-0.15, -0.1) is 0 Å². The van der Waals surface area contributed by atoms with Crippen molar-refractivity contribution in [3.05, 3.63) is 34.4 Å². The van der Waals surface area contributed by atoms with Crippen LogP contribution in [0.25, 0.3) is 0 Å². The van der Waals surface area contributed by atoms with Gasteiger partial charge in [0.05, 0.1) is 11.5 Å². The lowest BCUT2D eigenvalue weighted by Gasteiger charge is -2.11. The Morgan fingerprint density at radius 2 is 2.00 bits per heavy atom. The number of nitrogens with zero attached hydrogens (tertiary/aromatic N) is 1. The van der Waals surface area contributed by atoms with Crippen molar-refractivity contribution in [3.63, 3.8) is 0 Å². The summed E-state index contributed by atoms with van der Waals surface area (Å²) in [5.74, 6) is -0.930. The Kier molecular flexibility index (Phi) is 4.60. The monoisotopic (exact) mass is 287 g/mol. The molecule has 1 unspecified atom stereocenters. The average Bonchev–Trinajstić information content (AvgIpc) is 2.38. The third-order valence-corrected chi connectivity index (χ3v) is 4.53. The summed E-state index contributed by atoms with van der Waals surface area (Å²) in [6.07, 6.45) is 0. The van der Waals surface area contributed by atoms with Gasteiger partial charge in [-0.05, 0) is 19.9 Å². The summed E-state index contributed by atoms with van der Waals surface area (Å²) >= 11 is 0. The lowest BCUT2D eigenvalue weighted by atomic mass is 10.3. The molecule has 104 valence electrons. The smallest absolute Gasteiger partial charge is 0.324 e. The van der Waals surface area contributed by atoms with Crippen molar-refractivity contribution in [2.45, 2.75) is 24.0 Å². The van der Waals surface area contributed by atoms with Crippen LogP contribution < -0.4 is 0 Å². The van der Waals surface area contributed by atoms with Gasteiger partial charge in [0.15, 0.2) is 15.1 Å². The first-order valence-electron chi connectivity index (χ1n) is 5.46. The highest BCUT2D eigenvalue weighted by atomic mass is 32.2. The third-order valence-electron chi connectivity index (χ3n) is 2.45. The number of carbonyl (C=O) groups is 1. The Morgan fingerprint density at radius 3 is 2.53 bits per heavy atom.